The quantitative estimate of drug-likeness (QED) is 0.0369. The second-order valence-corrected chi connectivity index (χ2v) is 19.1. The number of esters is 2. The van der Waals surface area contributed by atoms with Crippen molar-refractivity contribution in [3.05, 3.63) is 59.6 Å². The van der Waals surface area contributed by atoms with Crippen molar-refractivity contribution >= 4 is 19.5 Å². The molecule has 3 rings (SSSR count). The van der Waals surface area contributed by atoms with E-state index in [9.17, 15) is 14.2 Å². The molecule has 1 unspecified atom stereocenters. The lowest BCUT2D eigenvalue weighted by Gasteiger charge is -2.26. The van der Waals surface area contributed by atoms with Crippen LogP contribution < -0.4 is 11.5 Å². The Morgan fingerprint density at radius 2 is 1.24 bits per heavy atom. The first-order valence-electron chi connectivity index (χ1n) is 19.5. The van der Waals surface area contributed by atoms with E-state index in [1.807, 2.05) is 13.8 Å². The standard InChI is InChI=1S/C33H54N3O7P.C8H15N3/c1-9-10-11-12-13-14-15-25-16-18-26(19-17-25)27-22-35-28(36-27)33(8,34)20-21-44(39,42-23-40-29(37)31(2,3)4)43-24-41-30(38)32(5,6)7;1-4-8(3,9)7-10-5-6(2)11-7/h16-19,22H,9-15,20-21,23-24,34H2,1-8H3,(H,35,36);5H,4,9H2,1-3H3,(H,10,11)/t33-;/m0./s1. The molecule has 0 saturated heterocycles. The van der Waals surface area contributed by atoms with Crippen molar-refractivity contribution in [2.24, 2.45) is 22.3 Å². The van der Waals surface area contributed by atoms with Crippen molar-refractivity contribution in [2.45, 2.75) is 145 Å². The van der Waals surface area contributed by atoms with Crippen LogP contribution in [0.3, 0.4) is 0 Å². The zero-order valence-corrected chi connectivity index (χ0v) is 36.2. The topological polar surface area (TPSA) is 198 Å². The van der Waals surface area contributed by atoms with E-state index in [2.05, 4.69) is 58.0 Å². The fourth-order valence-electron chi connectivity index (χ4n) is 5.00. The zero-order valence-electron chi connectivity index (χ0n) is 35.3. The monoisotopic (exact) mass is 788 g/mol. The number of benzene rings is 1. The van der Waals surface area contributed by atoms with Gasteiger partial charge < -0.3 is 30.9 Å². The van der Waals surface area contributed by atoms with Crippen molar-refractivity contribution in [1.29, 1.82) is 0 Å². The molecule has 0 spiro atoms. The molecule has 0 radical (unpaired) electrons. The second kappa shape index (κ2) is 21.3. The average molecular weight is 789 g/mol. The minimum absolute atomic E-state index is 0.136. The van der Waals surface area contributed by atoms with Crippen molar-refractivity contribution in [3.8, 4) is 11.3 Å². The number of H-pyrrole nitrogens is 2. The van der Waals surface area contributed by atoms with Crippen LogP contribution >= 0.6 is 7.60 Å². The van der Waals surface area contributed by atoms with Crippen LogP contribution in [0.4, 0.5) is 0 Å². The van der Waals surface area contributed by atoms with E-state index in [0.717, 1.165) is 35.6 Å². The highest BCUT2D eigenvalue weighted by Gasteiger charge is 2.34. The highest BCUT2D eigenvalue weighted by atomic mass is 31.2. The molecule has 0 bridgehead atoms. The molecular formula is C41H69N6O7P. The van der Waals surface area contributed by atoms with Gasteiger partial charge in [-0.05, 0) is 99.1 Å². The van der Waals surface area contributed by atoms with Gasteiger partial charge in [0.05, 0.1) is 40.0 Å². The van der Waals surface area contributed by atoms with Crippen molar-refractivity contribution in [2.75, 3.05) is 19.7 Å². The largest absolute Gasteiger partial charge is 0.438 e. The summed E-state index contributed by atoms with van der Waals surface area (Å²) in [4.78, 5) is 39.4. The smallest absolute Gasteiger partial charge is 0.336 e. The van der Waals surface area contributed by atoms with Crippen LogP contribution in [-0.4, -0.2) is 51.6 Å². The lowest BCUT2D eigenvalue weighted by atomic mass is 9.98. The van der Waals surface area contributed by atoms with Gasteiger partial charge >= 0.3 is 19.5 Å². The number of aryl methyl sites for hydroxylation is 2. The normalized spacial score (nSPS) is 14.3. The summed E-state index contributed by atoms with van der Waals surface area (Å²) >= 11 is 0. The number of nitrogens with zero attached hydrogens (tertiary/aromatic N) is 2. The zero-order chi connectivity index (χ0) is 41.5. The van der Waals surface area contributed by atoms with Crippen molar-refractivity contribution in [1.82, 2.24) is 19.9 Å². The van der Waals surface area contributed by atoms with Crippen LogP contribution in [0, 0.1) is 17.8 Å². The molecule has 14 heteroatoms. The third-order valence-electron chi connectivity index (χ3n) is 9.19. The first kappa shape index (κ1) is 47.8. The van der Waals surface area contributed by atoms with Gasteiger partial charge in [-0.25, -0.2) is 9.97 Å². The van der Waals surface area contributed by atoms with E-state index in [1.54, 1.807) is 60.9 Å². The predicted octanol–water partition coefficient (Wildman–Crippen LogP) is 9.17. The van der Waals surface area contributed by atoms with Crippen LogP contribution in [-0.2, 0) is 50.2 Å². The molecule has 3 aromatic rings. The predicted molar refractivity (Wildman–Crippen MR) is 218 cm³/mol. The number of carbonyl (C=O) groups is 2. The van der Waals surface area contributed by atoms with Gasteiger partial charge in [-0.3, -0.25) is 23.2 Å². The Kier molecular flexibility index (Phi) is 18.5. The molecule has 2 aromatic heterocycles. The van der Waals surface area contributed by atoms with E-state index in [4.69, 9.17) is 30.0 Å². The maximum Gasteiger partial charge on any atom is 0.336 e. The van der Waals surface area contributed by atoms with Gasteiger partial charge in [0.2, 0.25) is 13.6 Å². The first-order chi connectivity index (χ1) is 25.5. The Labute approximate surface area is 329 Å². The highest BCUT2D eigenvalue weighted by molar-refractivity contribution is 7.53. The molecule has 0 saturated carbocycles. The van der Waals surface area contributed by atoms with E-state index in [0.29, 0.717) is 5.82 Å². The number of rotatable bonds is 20. The van der Waals surface area contributed by atoms with Crippen molar-refractivity contribution in [3.63, 3.8) is 0 Å². The fourth-order valence-corrected chi connectivity index (χ4v) is 6.49. The fraction of sp³-hybridized carbons (Fsp3) is 0.659. The molecule has 55 heavy (non-hydrogen) atoms. The number of aromatic amines is 2. The van der Waals surface area contributed by atoms with Gasteiger partial charge in [-0.15, -0.1) is 0 Å². The number of nitrogens with one attached hydrogen (secondary N) is 2. The molecule has 2 heterocycles. The molecule has 13 nitrogen and oxygen atoms in total. The summed E-state index contributed by atoms with van der Waals surface area (Å²) in [5, 5.41) is 0. The summed E-state index contributed by atoms with van der Waals surface area (Å²) in [6.07, 6.45) is 13.1. The van der Waals surface area contributed by atoms with Crippen LogP contribution in [0.1, 0.15) is 144 Å². The number of hydrogen-bond acceptors (Lipinski definition) is 11. The number of unbranched alkanes of at least 4 members (excludes halogenated alkanes) is 5. The van der Waals surface area contributed by atoms with Crippen LogP contribution in [0.15, 0.2) is 36.7 Å². The maximum atomic E-state index is 13.6. The molecule has 0 aliphatic carbocycles. The molecule has 1 aromatic carbocycles. The molecule has 310 valence electrons. The van der Waals surface area contributed by atoms with E-state index in [-0.39, 0.29) is 18.1 Å². The van der Waals surface area contributed by atoms with Gasteiger partial charge in [-0.1, -0.05) is 70.2 Å². The summed E-state index contributed by atoms with van der Waals surface area (Å²) in [5.41, 5.74) is 13.9. The minimum Gasteiger partial charge on any atom is -0.438 e. The number of aromatic nitrogens is 4. The van der Waals surface area contributed by atoms with E-state index >= 15 is 0 Å². The molecule has 0 aliphatic rings. The lowest BCUT2D eigenvalue weighted by molar-refractivity contribution is -0.162. The second-order valence-electron chi connectivity index (χ2n) is 16.9. The Balaban J connectivity index is 0.000000810. The summed E-state index contributed by atoms with van der Waals surface area (Å²) in [6, 6.07) is 8.44. The Hall–Kier alpha value is -3.35. The van der Waals surface area contributed by atoms with Gasteiger partial charge in [-0.2, -0.15) is 0 Å². The van der Waals surface area contributed by atoms with Crippen LogP contribution in [0.2, 0.25) is 0 Å². The summed E-state index contributed by atoms with van der Waals surface area (Å²) in [5.74, 6) is 0.335. The number of imidazole rings is 2. The molecule has 0 fully saturated rings. The Bertz CT molecular complexity index is 1620. The average Bonchev–Trinajstić information content (AvgIpc) is 3.80. The third kappa shape index (κ3) is 16.7. The Morgan fingerprint density at radius 3 is 1.73 bits per heavy atom. The first-order valence-corrected chi connectivity index (χ1v) is 21.2. The van der Waals surface area contributed by atoms with E-state index in [1.165, 1.54) is 44.1 Å². The van der Waals surface area contributed by atoms with Crippen molar-refractivity contribution < 1.29 is 32.7 Å². The number of ether oxygens (including phenoxy) is 2. The molecule has 0 aliphatic heterocycles. The number of carbonyl (C=O) groups excluding carboxylic acids is 2. The Morgan fingerprint density at radius 1 is 0.727 bits per heavy atom. The molecule has 2 atom stereocenters. The van der Waals surface area contributed by atoms with Gasteiger partial charge in [0.1, 0.15) is 11.6 Å². The third-order valence-corrected chi connectivity index (χ3v) is 11.0. The summed E-state index contributed by atoms with van der Waals surface area (Å²) in [7, 11) is -3.90. The van der Waals surface area contributed by atoms with Crippen LogP contribution in [0.5, 0.6) is 0 Å². The highest BCUT2D eigenvalue weighted by Crippen LogP contribution is 2.50. The van der Waals surface area contributed by atoms with Gasteiger partial charge in [0.15, 0.2) is 0 Å². The lowest BCUT2D eigenvalue weighted by Crippen LogP contribution is -2.35. The molecule has 0 amide bonds. The minimum atomic E-state index is -3.90. The number of hydrogen-bond donors (Lipinski definition) is 4. The van der Waals surface area contributed by atoms with Gasteiger partial charge in [0, 0.05) is 11.9 Å². The summed E-state index contributed by atoms with van der Waals surface area (Å²) in [6.45, 7) is 19.0. The summed E-state index contributed by atoms with van der Waals surface area (Å²) < 4.78 is 34.8. The SMILES string of the molecule is CCC(C)(N)c1ncc(C)[nH]1.CCCCCCCCc1ccc(-c2cnc([C@@](C)(N)CCP(=O)(OCOC(=O)C(C)(C)C)OCOC(=O)C(C)(C)C)[nH]2)cc1. The number of nitrogens with two attached hydrogens (primary N) is 2. The molecule has 6 N–H and O–H groups in total. The maximum absolute atomic E-state index is 13.6. The van der Waals surface area contributed by atoms with E-state index < -0.39 is 49.5 Å². The van der Waals surface area contributed by atoms with Gasteiger partial charge in [0.25, 0.3) is 0 Å². The van der Waals surface area contributed by atoms with Crippen LogP contribution in [0.25, 0.3) is 11.3 Å². The molecular weight excluding hydrogens is 719 g/mol.